The van der Waals surface area contributed by atoms with Gasteiger partial charge in [0.2, 0.25) is 0 Å². The lowest BCUT2D eigenvalue weighted by molar-refractivity contribution is -0.122. The van der Waals surface area contributed by atoms with Crippen LogP contribution in [0.4, 0.5) is 0 Å². The zero-order chi connectivity index (χ0) is 19.9. The zero-order valence-corrected chi connectivity index (χ0v) is 16.3. The Hall–Kier alpha value is -2.74. The number of carbonyl (C=O) groups excluding carboxylic acids is 1. The predicted molar refractivity (Wildman–Crippen MR) is 101 cm³/mol. The Kier molecular flexibility index (Phi) is 7.06. The second-order valence-electron chi connectivity index (χ2n) is 5.79. The molecule has 0 fully saturated rings. The molecule has 0 bridgehead atoms. The molecule has 7 nitrogen and oxygen atoms in total. The number of hydrogen-bond donors (Lipinski definition) is 1. The van der Waals surface area contributed by atoms with Gasteiger partial charge in [0.25, 0.3) is 5.91 Å². The first kappa shape index (κ1) is 20.6. The van der Waals surface area contributed by atoms with Crippen molar-refractivity contribution in [1.82, 2.24) is 5.32 Å². The van der Waals surface area contributed by atoms with E-state index < -0.39 is 15.7 Å². The van der Waals surface area contributed by atoms with Gasteiger partial charge in [0, 0.05) is 12.6 Å². The van der Waals surface area contributed by atoms with Crippen LogP contribution in [0.25, 0.3) is 0 Å². The lowest BCUT2D eigenvalue weighted by atomic mass is 10.2. The molecule has 0 aliphatic heterocycles. The van der Waals surface area contributed by atoms with Gasteiger partial charge in [0.15, 0.2) is 27.9 Å². The number of methoxy groups -OCH3 is 2. The molecule has 2 aromatic carbocycles. The number of aryl methyl sites for hydroxylation is 1. The molecule has 8 heteroatoms. The highest BCUT2D eigenvalue weighted by Crippen LogP contribution is 2.29. The fraction of sp³-hybridized carbons (Fsp3) is 0.316. The van der Waals surface area contributed by atoms with Gasteiger partial charge in [-0.3, -0.25) is 4.79 Å². The molecular formula is C19H23NO6S. The normalized spacial score (nSPS) is 10.9. The molecular weight excluding hydrogens is 370 g/mol. The monoisotopic (exact) mass is 393 g/mol. The van der Waals surface area contributed by atoms with E-state index >= 15 is 0 Å². The van der Waals surface area contributed by atoms with Crippen LogP contribution >= 0.6 is 0 Å². The molecule has 0 aromatic heterocycles. The minimum atomic E-state index is -3.58. The summed E-state index contributed by atoms with van der Waals surface area (Å²) in [6, 6.07) is 11.7. The molecule has 0 aliphatic carbocycles. The molecule has 2 aromatic rings. The number of sulfone groups is 1. The summed E-state index contributed by atoms with van der Waals surface area (Å²) in [5, 5.41) is 2.54. The van der Waals surface area contributed by atoms with Gasteiger partial charge in [-0.05, 0) is 31.2 Å². The van der Waals surface area contributed by atoms with Crippen molar-refractivity contribution >= 4 is 15.7 Å². The van der Waals surface area contributed by atoms with Crippen molar-refractivity contribution in [1.29, 1.82) is 0 Å². The van der Waals surface area contributed by atoms with E-state index in [1.807, 2.05) is 19.1 Å². The first-order valence-corrected chi connectivity index (χ1v) is 9.92. The van der Waals surface area contributed by atoms with Gasteiger partial charge in [-0.2, -0.15) is 0 Å². The van der Waals surface area contributed by atoms with Crippen molar-refractivity contribution in [3.8, 4) is 17.2 Å². The van der Waals surface area contributed by atoms with Crippen LogP contribution < -0.4 is 19.5 Å². The van der Waals surface area contributed by atoms with E-state index in [1.54, 1.807) is 12.1 Å². The summed E-state index contributed by atoms with van der Waals surface area (Å²) in [7, 11) is -0.671. The maximum Gasteiger partial charge on any atom is 0.257 e. The van der Waals surface area contributed by atoms with Crippen LogP contribution in [0.5, 0.6) is 17.2 Å². The highest BCUT2D eigenvalue weighted by Gasteiger charge is 2.17. The Morgan fingerprint density at radius 2 is 1.67 bits per heavy atom. The van der Waals surface area contributed by atoms with E-state index in [4.69, 9.17) is 14.2 Å². The van der Waals surface area contributed by atoms with Gasteiger partial charge in [0.05, 0.1) is 24.9 Å². The smallest absolute Gasteiger partial charge is 0.257 e. The summed E-state index contributed by atoms with van der Waals surface area (Å²) in [5.41, 5.74) is 1.09. The Morgan fingerprint density at radius 1 is 1.00 bits per heavy atom. The Morgan fingerprint density at radius 3 is 2.30 bits per heavy atom. The maximum atomic E-state index is 12.4. The molecule has 0 radical (unpaired) electrons. The number of carbonyl (C=O) groups is 1. The third kappa shape index (κ3) is 5.89. The minimum Gasteiger partial charge on any atom is -0.493 e. The largest absolute Gasteiger partial charge is 0.493 e. The van der Waals surface area contributed by atoms with Crippen LogP contribution in [0.1, 0.15) is 5.56 Å². The van der Waals surface area contributed by atoms with Crippen LogP contribution in [0.3, 0.4) is 0 Å². The Labute approximate surface area is 159 Å². The minimum absolute atomic E-state index is 0.0211. The summed E-state index contributed by atoms with van der Waals surface area (Å²) in [4.78, 5) is 11.9. The van der Waals surface area contributed by atoms with Crippen LogP contribution in [-0.2, 0) is 14.6 Å². The molecule has 27 heavy (non-hydrogen) atoms. The number of amides is 1. The van der Waals surface area contributed by atoms with Gasteiger partial charge in [-0.1, -0.05) is 17.7 Å². The topological polar surface area (TPSA) is 90.9 Å². The van der Waals surface area contributed by atoms with Crippen molar-refractivity contribution < 1.29 is 27.4 Å². The van der Waals surface area contributed by atoms with Gasteiger partial charge in [0.1, 0.15) is 5.75 Å². The molecule has 1 amide bonds. The first-order valence-electron chi connectivity index (χ1n) is 8.26. The molecule has 0 aliphatic rings. The molecule has 0 saturated heterocycles. The summed E-state index contributed by atoms with van der Waals surface area (Å²) < 4.78 is 40.4. The van der Waals surface area contributed by atoms with E-state index in [1.165, 1.54) is 32.4 Å². The number of ether oxygens (including phenoxy) is 3. The predicted octanol–water partition coefficient (Wildman–Crippen LogP) is 1.98. The molecule has 2 rings (SSSR count). The number of hydrogen-bond acceptors (Lipinski definition) is 6. The number of rotatable bonds is 9. The van der Waals surface area contributed by atoms with E-state index in [2.05, 4.69) is 5.32 Å². The standard InChI is InChI=1S/C19H23NO6S/c1-14-4-6-15(7-5-14)26-13-19(21)20-10-11-27(22,23)16-8-9-17(24-2)18(12-16)25-3/h4-9,12H,10-11,13H2,1-3H3,(H,20,21). The average molecular weight is 393 g/mol. The highest BCUT2D eigenvalue weighted by molar-refractivity contribution is 7.91. The van der Waals surface area contributed by atoms with Crippen molar-refractivity contribution in [2.75, 3.05) is 33.1 Å². The fourth-order valence-electron chi connectivity index (χ4n) is 2.29. The second-order valence-corrected chi connectivity index (χ2v) is 7.90. The molecule has 0 atom stereocenters. The van der Waals surface area contributed by atoms with Crippen LogP contribution in [0, 0.1) is 6.92 Å². The van der Waals surface area contributed by atoms with Crippen molar-refractivity contribution in [3.05, 3.63) is 48.0 Å². The fourth-order valence-corrected chi connectivity index (χ4v) is 3.46. The molecule has 146 valence electrons. The first-order chi connectivity index (χ1) is 12.9. The molecule has 0 saturated carbocycles. The quantitative estimate of drug-likeness (QED) is 0.701. The third-order valence-electron chi connectivity index (χ3n) is 3.80. The Bertz CT molecular complexity index is 878. The van der Waals surface area contributed by atoms with E-state index in [-0.39, 0.29) is 23.8 Å². The summed E-state index contributed by atoms with van der Waals surface area (Å²) in [5.74, 6) is 0.720. The molecule has 0 unspecified atom stereocenters. The lowest BCUT2D eigenvalue weighted by Gasteiger charge is -2.11. The average Bonchev–Trinajstić information content (AvgIpc) is 2.66. The van der Waals surface area contributed by atoms with Crippen molar-refractivity contribution in [2.45, 2.75) is 11.8 Å². The number of nitrogens with one attached hydrogen (secondary N) is 1. The van der Waals surface area contributed by atoms with Crippen LogP contribution in [0.2, 0.25) is 0 Å². The van der Waals surface area contributed by atoms with Crippen LogP contribution in [-0.4, -0.2) is 47.4 Å². The van der Waals surface area contributed by atoms with E-state index in [0.717, 1.165) is 5.56 Å². The zero-order valence-electron chi connectivity index (χ0n) is 15.5. The molecule has 0 spiro atoms. The second kappa shape index (κ2) is 9.27. The van der Waals surface area contributed by atoms with Gasteiger partial charge >= 0.3 is 0 Å². The van der Waals surface area contributed by atoms with Gasteiger partial charge in [-0.25, -0.2) is 8.42 Å². The highest BCUT2D eigenvalue weighted by atomic mass is 32.2. The Balaban J connectivity index is 1.86. The van der Waals surface area contributed by atoms with Gasteiger partial charge in [-0.15, -0.1) is 0 Å². The van der Waals surface area contributed by atoms with Crippen LogP contribution in [0.15, 0.2) is 47.4 Å². The summed E-state index contributed by atoms with van der Waals surface area (Å²) >= 11 is 0. The maximum absolute atomic E-state index is 12.4. The van der Waals surface area contributed by atoms with Crippen molar-refractivity contribution in [3.63, 3.8) is 0 Å². The van der Waals surface area contributed by atoms with E-state index in [0.29, 0.717) is 17.2 Å². The van der Waals surface area contributed by atoms with E-state index in [9.17, 15) is 13.2 Å². The van der Waals surface area contributed by atoms with Crippen molar-refractivity contribution in [2.24, 2.45) is 0 Å². The SMILES string of the molecule is COc1ccc(S(=O)(=O)CCNC(=O)COc2ccc(C)cc2)cc1OC. The summed E-state index contributed by atoms with van der Waals surface area (Å²) in [6.07, 6.45) is 0. The molecule has 1 N–H and O–H groups in total. The summed E-state index contributed by atoms with van der Waals surface area (Å²) in [6.45, 7) is 1.75. The number of benzene rings is 2. The molecule has 0 heterocycles. The van der Waals surface area contributed by atoms with Gasteiger partial charge < -0.3 is 19.5 Å². The lowest BCUT2D eigenvalue weighted by Crippen LogP contribution is -2.32. The third-order valence-corrected chi connectivity index (χ3v) is 5.51.